The lowest BCUT2D eigenvalue weighted by atomic mass is 9.77. The molecule has 4 nitrogen and oxygen atoms in total. The van der Waals surface area contributed by atoms with Gasteiger partial charge >= 0.3 is 0 Å². The molecule has 4 rings (SSSR count). The number of aromatic nitrogens is 2. The van der Waals surface area contributed by atoms with Gasteiger partial charge in [-0.3, -0.25) is 9.58 Å². The fourth-order valence-electron chi connectivity index (χ4n) is 4.40. The van der Waals surface area contributed by atoms with E-state index in [0.717, 1.165) is 37.1 Å². The van der Waals surface area contributed by atoms with Crippen molar-refractivity contribution in [3.63, 3.8) is 0 Å². The van der Waals surface area contributed by atoms with Gasteiger partial charge in [0.05, 0.1) is 18.3 Å². The van der Waals surface area contributed by atoms with Crippen molar-refractivity contribution in [3.8, 4) is 0 Å². The summed E-state index contributed by atoms with van der Waals surface area (Å²) < 4.78 is 15.8. The molecule has 0 amide bonds. The van der Waals surface area contributed by atoms with Gasteiger partial charge in [0, 0.05) is 31.4 Å². The van der Waals surface area contributed by atoms with Crippen molar-refractivity contribution in [2.24, 2.45) is 11.8 Å². The topological polar surface area (TPSA) is 41.3 Å². The molecule has 2 aromatic rings. The lowest BCUT2D eigenvalue weighted by Gasteiger charge is -2.35. The van der Waals surface area contributed by atoms with E-state index >= 15 is 0 Å². The van der Waals surface area contributed by atoms with Gasteiger partial charge in [-0.05, 0) is 43.2 Å². The Bertz CT molecular complexity index is 716. The molecule has 0 spiro atoms. The average Bonchev–Trinajstić information content (AvgIpc) is 3.14. The number of fused-ring (bicyclic) bond motifs is 1. The minimum Gasteiger partial charge on any atom is -0.391 e. The van der Waals surface area contributed by atoms with Gasteiger partial charge in [0.15, 0.2) is 0 Å². The standard InChI is InChI=1S/C19H24FN3O/c1-13-8-21-23(9-13)18-6-15-11-22(12-16(15)7-19(18)24)10-14-4-2-3-5-17(14)20/h2-5,8-9,15-16,18-19,24H,6-7,10-12H2,1H3/t15-,16+,18-,19-/m0/s1. The van der Waals surface area contributed by atoms with Crippen molar-refractivity contribution in [1.29, 1.82) is 0 Å². The molecule has 0 bridgehead atoms. The number of rotatable bonds is 3. The van der Waals surface area contributed by atoms with Crippen LogP contribution in [0.3, 0.4) is 0 Å². The van der Waals surface area contributed by atoms with E-state index in [1.165, 1.54) is 6.07 Å². The Balaban J connectivity index is 1.44. The van der Waals surface area contributed by atoms with E-state index in [-0.39, 0.29) is 18.0 Å². The molecule has 128 valence electrons. The third-order valence-electron chi connectivity index (χ3n) is 5.61. The summed E-state index contributed by atoms with van der Waals surface area (Å²) in [5, 5.41) is 15.0. The summed E-state index contributed by atoms with van der Waals surface area (Å²) in [7, 11) is 0. The smallest absolute Gasteiger partial charge is 0.127 e. The molecule has 4 atom stereocenters. The summed E-state index contributed by atoms with van der Waals surface area (Å²) in [6.45, 7) is 4.60. The van der Waals surface area contributed by atoms with E-state index in [9.17, 15) is 9.50 Å². The number of aliphatic hydroxyl groups is 1. The lowest BCUT2D eigenvalue weighted by molar-refractivity contribution is 0.0306. The van der Waals surface area contributed by atoms with Crippen LogP contribution in [0.5, 0.6) is 0 Å². The summed E-state index contributed by atoms with van der Waals surface area (Å²) in [6.07, 6.45) is 5.26. The van der Waals surface area contributed by atoms with E-state index in [2.05, 4.69) is 10.00 Å². The number of nitrogens with zero attached hydrogens (tertiary/aromatic N) is 3. The number of likely N-dealkylation sites (tertiary alicyclic amines) is 1. The van der Waals surface area contributed by atoms with Crippen LogP contribution in [0.25, 0.3) is 0 Å². The SMILES string of the molecule is Cc1cnn([C@H]2C[C@H]3CN(Cc4ccccc4F)C[C@H]3C[C@@H]2O)c1. The zero-order valence-electron chi connectivity index (χ0n) is 14.0. The Hall–Kier alpha value is -1.72. The van der Waals surface area contributed by atoms with Gasteiger partial charge in [-0.2, -0.15) is 5.10 Å². The molecule has 2 aliphatic rings. The Morgan fingerprint density at radius 2 is 1.96 bits per heavy atom. The maximum absolute atomic E-state index is 13.9. The minimum atomic E-state index is -0.348. The summed E-state index contributed by atoms with van der Waals surface area (Å²) in [5.74, 6) is 0.923. The second-order valence-corrected chi connectivity index (χ2v) is 7.41. The maximum Gasteiger partial charge on any atom is 0.127 e. The van der Waals surface area contributed by atoms with E-state index in [4.69, 9.17) is 0 Å². The highest BCUT2D eigenvalue weighted by molar-refractivity contribution is 5.17. The average molecular weight is 329 g/mol. The Morgan fingerprint density at radius 3 is 2.67 bits per heavy atom. The minimum absolute atomic E-state index is 0.0633. The molecule has 24 heavy (non-hydrogen) atoms. The van der Waals surface area contributed by atoms with E-state index in [0.29, 0.717) is 18.4 Å². The molecule has 5 heteroatoms. The van der Waals surface area contributed by atoms with Crippen molar-refractivity contribution in [3.05, 3.63) is 53.6 Å². The van der Waals surface area contributed by atoms with E-state index in [1.807, 2.05) is 36.1 Å². The van der Waals surface area contributed by atoms with E-state index < -0.39 is 0 Å². The molecule has 1 N–H and O–H groups in total. The molecule has 2 heterocycles. The van der Waals surface area contributed by atoms with Crippen LogP contribution < -0.4 is 0 Å². The monoisotopic (exact) mass is 329 g/mol. The number of halogens is 1. The van der Waals surface area contributed by atoms with Gasteiger partial charge in [-0.1, -0.05) is 18.2 Å². The number of hydrogen-bond acceptors (Lipinski definition) is 3. The van der Waals surface area contributed by atoms with Crippen LogP contribution in [0.15, 0.2) is 36.7 Å². The van der Waals surface area contributed by atoms with Crippen molar-refractivity contribution >= 4 is 0 Å². The Morgan fingerprint density at radius 1 is 1.21 bits per heavy atom. The number of aryl methyl sites for hydroxylation is 1. The van der Waals surface area contributed by atoms with Crippen LogP contribution in [0.2, 0.25) is 0 Å². The highest BCUT2D eigenvalue weighted by Crippen LogP contribution is 2.41. The van der Waals surface area contributed by atoms with Crippen LogP contribution in [-0.2, 0) is 6.54 Å². The highest BCUT2D eigenvalue weighted by Gasteiger charge is 2.42. The third-order valence-corrected chi connectivity index (χ3v) is 5.61. The van der Waals surface area contributed by atoms with Gasteiger partial charge in [0.25, 0.3) is 0 Å². The molecule has 2 fully saturated rings. The molecule has 1 saturated carbocycles. The number of hydrogen-bond donors (Lipinski definition) is 1. The van der Waals surface area contributed by atoms with Crippen LogP contribution in [-0.4, -0.2) is 39.0 Å². The van der Waals surface area contributed by atoms with Crippen molar-refractivity contribution in [2.45, 2.75) is 38.5 Å². The summed E-state index contributed by atoms with van der Waals surface area (Å²) in [6, 6.07) is 7.07. The van der Waals surface area contributed by atoms with Crippen molar-refractivity contribution in [1.82, 2.24) is 14.7 Å². The van der Waals surface area contributed by atoms with E-state index in [1.54, 1.807) is 6.07 Å². The summed E-state index contributed by atoms with van der Waals surface area (Å²) in [4.78, 5) is 2.33. The van der Waals surface area contributed by atoms with Gasteiger partial charge in [0.1, 0.15) is 5.82 Å². The fraction of sp³-hybridized carbons (Fsp3) is 0.526. The molecule has 0 unspecified atom stereocenters. The summed E-state index contributed by atoms with van der Waals surface area (Å²) >= 11 is 0. The zero-order chi connectivity index (χ0) is 16.7. The molecule has 1 aliphatic heterocycles. The third kappa shape index (κ3) is 2.98. The molecule has 1 aromatic heterocycles. The maximum atomic E-state index is 13.9. The van der Waals surface area contributed by atoms with Crippen LogP contribution in [0.4, 0.5) is 4.39 Å². The molecular weight excluding hydrogens is 305 g/mol. The Labute approximate surface area is 141 Å². The van der Waals surface area contributed by atoms with Gasteiger partial charge in [0.2, 0.25) is 0 Å². The van der Waals surface area contributed by atoms with Crippen LogP contribution in [0, 0.1) is 24.6 Å². The number of aliphatic hydroxyl groups excluding tert-OH is 1. The second-order valence-electron chi connectivity index (χ2n) is 7.41. The predicted molar refractivity (Wildman–Crippen MR) is 89.9 cm³/mol. The first kappa shape index (κ1) is 15.8. The quantitative estimate of drug-likeness (QED) is 0.941. The first-order valence-electron chi connectivity index (χ1n) is 8.74. The lowest BCUT2D eigenvalue weighted by Crippen LogP contribution is -2.36. The van der Waals surface area contributed by atoms with Gasteiger partial charge < -0.3 is 5.11 Å². The molecule has 1 saturated heterocycles. The first-order chi connectivity index (χ1) is 11.6. The molecule has 0 radical (unpaired) electrons. The van der Waals surface area contributed by atoms with Crippen molar-refractivity contribution < 1.29 is 9.50 Å². The Kier molecular flexibility index (Phi) is 4.14. The molecule has 1 aromatic carbocycles. The van der Waals surface area contributed by atoms with Crippen LogP contribution in [0.1, 0.15) is 30.0 Å². The van der Waals surface area contributed by atoms with Gasteiger partial charge in [-0.25, -0.2) is 4.39 Å². The largest absolute Gasteiger partial charge is 0.391 e. The zero-order valence-corrected chi connectivity index (χ0v) is 14.0. The normalized spacial score (nSPS) is 30.5. The molecular formula is C19H24FN3O. The summed E-state index contributed by atoms with van der Waals surface area (Å²) in [5.41, 5.74) is 1.88. The van der Waals surface area contributed by atoms with Crippen molar-refractivity contribution in [2.75, 3.05) is 13.1 Å². The predicted octanol–water partition coefficient (Wildman–Crippen LogP) is 2.77. The van der Waals surface area contributed by atoms with Gasteiger partial charge in [-0.15, -0.1) is 0 Å². The molecule has 1 aliphatic carbocycles. The highest BCUT2D eigenvalue weighted by atomic mass is 19.1. The number of benzene rings is 1. The van der Waals surface area contributed by atoms with Crippen LogP contribution >= 0.6 is 0 Å². The first-order valence-corrected chi connectivity index (χ1v) is 8.74. The second kappa shape index (κ2) is 6.30. The fourth-order valence-corrected chi connectivity index (χ4v) is 4.40.